The van der Waals surface area contributed by atoms with Gasteiger partial charge in [0.05, 0.1) is 5.75 Å². The van der Waals surface area contributed by atoms with Crippen LogP contribution in [0.4, 0.5) is 5.82 Å². The van der Waals surface area contributed by atoms with Crippen LogP contribution in [0, 0.1) is 6.92 Å². The highest BCUT2D eigenvalue weighted by molar-refractivity contribution is 7.99. The average Bonchev–Trinajstić information content (AvgIpc) is 2.39. The third-order valence-electron chi connectivity index (χ3n) is 2.72. The molecule has 6 heteroatoms. The quantitative estimate of drug-likeness (QED) is 0.629. The number of aromatic nitrogens is 2. The van der Waals surface area contributed by atoms with Gasteiger partial charge in [-0.3, -0.25) is 4.79 Å². The summed E-state index contributed by atoms with van der Waals surface area (Å²) in [5.41, 5.74) is 0.984. The SMILES string of the molecule is CCN(CC)C(=O)CSc1ncnc(NC)c1C. The number of amides is 1. The fourth-order valence-corrected chi connectivity index (χ4v) is 2.51. The van der Waals surface area contributed by atoms with Crippen molar-refractivity contribution >= 4 is 23.5 Å². The third-order valence-corrected chi connectivity index (χ3v) is 3.80. The Balaban J connectivity index is 2.66. The lowest BCUT2D eigenvalue weighted by Crippen LogP contribution is -2.31. The number of rotatable bonds is 6. The smallest absolute Gasteiger partial charge is 0.232 e. The van der Waals surface area contributed by atoms with Crippen LogP contribution in [0.1, 0.15) is 19.4 Å². The molecule has 0 atom stereocenters. The standard InChI is InChI=1S/C12H20N4OS/c1-5-16(6-2)10(17)7-18-12-9(3)11(13-4)14-8-15-12/h8H,5-7H2,1-4H3,(H,13,14,15). The minimum atomic E-state index is 0.147. The molecule has 0 bridgehead atoms. The number of carbonyl (C=O) groups is 1. The summed E-state index contributed by atoms with van der Waals surface area (Å²) in [5.74, 6) is 1.37. The van der Waals surface area contributed by atoms with E-state index in [0.717, 1.165) is 29.5 Å². The minimum absolute atomic E-state index is 0.147. The summed E-state index contributed by atoms with van der Waals surface area (Å²) < 4.78 is 0. The molecular formula is C12H20N4OS. The van der Waals surface area contributed by atoms with Gasteiger partial charge in [-0.25, -0.2) is 9.97 Å². The highest BCUT2D eigenvalue weighted by Gasteiger charge is 2.12. The molecule has 1 N–H and O–H groups in total. The van der Waals surface area contributed by atoms with Crippen LogP contribution in [-0.4, -0.2) is 46.7 Å². The summed E-state index contributed by atoms with van der Waals surface area (Å²) in [6.07, 6.45) is 1.52. The Bertz CT molecular complexity index is 407. The Morgan fingerprint density at radius 1 is 1.39 bits per heavy atom. The summed E-state index contributed by atoms with van der Waals surface area (Å²) in [5, 5.41) is 3.86. The molecule has 0 aromatic carbocycles. The van der Waals surface area contributed by atoms with Gasteiger partial charge in [-0.2, -0.15) is 0 Å². The van der Waals surface area contributed by atoms with Crippen molar-refractivity contribution in [1.82, 2.24) is 14.9 Å². The number of hydrogen-bond donors (Lipinski definition) is 1. The molecule has 0 radical (unpaired) electrons. The summed E-state index contributed by atoms with van der Waals surface area (Å²) in [7, 11) is 1.82. The lowest BCUT2D eigenvalue weighted by atomic mass is 10.3. The van der Waals surface area contributed by atoms with Crippen molar-refractivity contribution in [3.05, 3.63) is 11.9 Å². The van der Waals surface area contributed by atoms with Gasteiger partial charge in [0.25, 0.3) is 0 Å². The topological polar surface area (TPSA) is 58.1 Å². The molecule has 1 heterocycles. The van der Waals surface area contributed by atoms with Crippen molar-refractivity contribution in [2.45, 2.75) is 25.8 Å². The summed E-state index contributed by atoms with van der Waals surface area (Å²) in [6.45, 7) is 7.43. The van der Waals surface area contributed by atoms with Gasteiger partial charge in [-0.05, 0) is 20.8 Å². The monoisotopic (exact) mass is 268 g/mol. The highest BCUT2D eigenvalue weighted by Crippen LogP contribution is 2.23. The van der Waals surface area contributed by atoms with Gasteiger partial charge in [-0.15, -0.1) is 0 Å². The van der Waals surface area contributed by atoms with Crippen molar-refractivity contribution in [2.75, 3.05) is 31.2 Å². The van der Waals surface area contributed by atoms with Crippen molar-refractivity contribution in [3.8, 4) is 0 Å². The van der Waals surface area contributed by atoms with Crippen molar-refractivity contribution in [1.29, 1.82) is 0 Å². The fraction of sp³-hybridized carbons (Fsp3) is 0.583. The lowest BCUT2D eigenvalue weighted by Gasteiger charge is -2.18. The van der Waals surface area contributed by atoms with Gasteiger partial charge in [-0.1, -0.05) is 11.8 Å². The minimum Gasteiger partial charge on any atom is -0.373 e. The van der Waals surface area contributed by atoms with Gasteiger partial charge >= 0.3 is 0 Å². The maximum atomic E-state index is 11.9. The van der Waals surface area contributed by atoms with E-state index in [-0.39, 0.29) is 5.91 Å². The zero-order valence-electron chi connectivity index (χ0n) is 11.4. The summed E-state index contributed by atoms with van der Waals surface area (Å²) >= 11 is 1.46. The molecule has 1 amide bonds. The molecule has 1 aromatic rings. The lowest BCUT2D eigenvalue weighted by molar-refractivity contribution is -0.127. The highest BCUT2D eigenvalue weighted by atomic mass is 32.2. The Kier molecular flexibility index (Phi) is 5.91. The second-order valence-corrected chi connectivity index (χ2v) is 4.72. The maximum absolute atomic E-state index is 11.9. The van der Waals surface area contributed by atoms with Gasteiger partial charge < -0.3 is 10.2 Å². The van der Waals surface area contributed by atoms with Gasteiger partial charge in [0.1, 0.15) is 17.2 Å². The van der Waals surface area contributed by atoms with Gasteiger partial charge in [0.15, 0.2) is 0 Å². The first-order valence-electron chi connectivity index (χ1n) is 6.03. The molecule has 18 heavy (non-hydrogen) atoms. The summed E-state index contributed by atoms with van der Waals surface area (Å²) in [6, 6.07) is 0. The number of thioether (sulfide) groups is 1. The van der Waals surface area contributed by atoms with Crippen LogP contribution in [0.25, 0.3) is 0 Å². The molecule has 1 rings (SSSR count). The molecule has 0 unspecified atom stereocenters. The van der Waals surface area contributed by atoms with Crippen molar-refractivity contribution in [2.24, 2.45) is 0 Å². The van der Waals surface area contributed by atoms with E-state index in [1.807, 2.05) is 32.7 Å². The van der Waals surface area contributed by atoms with E-state index in [0.29, 0.717) is 5.75 Å². The van der Waals surface area contributed by atoms with Crippen LogP contribution in [-0.2, 0) is 4.79 Å². The van der Waals surface area contributed by atoms with Crippen LogP contribution in [0.2, 0.25) is 0 Å². The van der Waals surface area contributed by atoms with E-state index >= 15 is 0 Å². The molecule has 5 nitrogen and oxygen atoms in total. The van der Waals surface area contributed by atoms with Gasteiger partial charge in [0.2, 0.25) is 5.91 Å². The van der Waals surface area contributed by atoms with E-state index in [4.69, 9.17) is 0 Å². The number of nitrogens with one attached hydrogen (secondary N) is 1. The number of nitrogens with zero attached hydrogens (tertiary/aromatic N) is 3. The van der Waals surface area contributed by atoms with Crippen molar-refractivity contribution in [3.63, 3.8) is 0 Å². The molecule has 1 aromatic heterocycles. The Labute approximate surface area is 112 Å². The van der Waals surface area contributed by atoms with E-state index in [2.05, 4.69) is 15.3 Å². The van der Waals surface area contributed by atoms with E-state index in [9.17, 15) is 4.79 Å². The molecule has 0 aliphatic rings. The largest absolute Gasteiger partial charge is 0.373 e. The normalized spacial score (nSPS) is 10.2. The van der Waals surface area contributed by atoms with E-state index in [1.54, 1.807) is 0 Å². The van der Waals surface area contributed by atoms with Crippen LogP contribution in [0.3, 0.4) is 0 Å². The van der Waals surface area contributed by atoms with Crippen LogP contribution < -0.4 is 5.32 Å². The predicted octanol–water partition coefficient (Wildman–Crippen LogP) is 1.79. The second kappa shape index (κ2) is 7.20. The van der Waals surface area contributed by atoms with Crippen LogP contribution >= 0.6 is 11.8 Å². The fourth-order valence-electron chi connectivity index (χ4n) is 1.63. The molecule has 0 saturated carbocycles. The zero-order chi connectivity index (χ0) is 13.5. The Morgan fingerprint density at radius 3 is 2.61 bits per heavy atom. The average molecular weight is 268 g/mol. The van der Waals surface area contributed by atoms with Crippen LogP contribution in [0.5, 0.6) is 0 Å². The predicted molar refractivity (Wildman–Crippen MR) is 75.0 cm³/mol. The molecule has 0 aliphatic heterocycles. The number of carbonyl (C=O) groups excluding carboxylic acids is 1. The van der Waals surface area contributed by atoms with E-state index < -0.39 is 0 Å². The first kappa shape index (κ1) is 14.8. The Morgan fingerprint density at radius 2 is 2.06 bits per heavy atom. The molecule has 0 fully saturated rings. The maximum Gasteiger partial charge on any atom is 0.232 e. The molecule has 0 saturated heterocycles. The first-order chi connectivity index (χ1) is 8.63. The van der Waals surface area contributed by atoms with Crippen molar-refractivity contribution < 1.29 is 4.79 Å². The second-order valence-electron chi connectivity index (χ2n) is 3.76. The first-order valence-corrected chi connectivity index (χ1v) is 7.02. The number of anilines is 1. The molecule has 100 valence electrons. The van der Waals surface area contributed by atoms with E-state index in [1.165, 1.54) is 18.1 Å². The zero-order valence-corrected chi connectivity index (χ0v) is 12.2. The van der Waals surface area contributed by atoms with Gasteiger partial charge in [0, 0.05) is 25.7 Å². The third kappa shape index (κ3) is 3.60. The van der Waals surface area contributed by atoms with Crippen LogP contribution in [0.15, 0.2) is 11.4 Å². The molecule has 0 spiro atoms. The number of hydrogen-bond acceptors (Lipinski definition) is 5. The Hall–Kier alpha value is -1.30. The molecular weight excluding hydrogens is 248 g/mol. The molecule has 0 aliphatic carbocycles. The summed E-state index contributed by atoms with van der Waals surface area (Å²) in [4.78, 5) is 22.0.